The van der Waals surface area contributed by atoms with E-state index in [1.807, 2.05) is 11.4 Å². The number of aliphatic hydroxyl groups is 1. The van der Waals surface area contributed by atoms with Crippen LogP contribution >= 0.6 is 11.3 Å². The largest absolute Gasteiger partial charge is 0.496 e. The van der Waals surface area contributed by atoms with Gasteiger partial charge in [-0.15, -0.1) is 11.3 Å². The van der Waals surface area contributed by atoms with Gasteiger partial charge in [0.1, 0.15) is 5.75 Å². The predicted molar refractivity (Wildman–Crippen MR) is 55.3 cm³/mol. The van der Waals surface area contributed by atoms with E-state index in [0.29, 0.717) is 5.92 Å². The van der Waals surface area contributed by atoms with Crippen LogP contribution in [0.15, 0.2) is 11.4 Å². The van der Waals surface area contributed by atoms with Crippen molar-refractivity contribution < 1.29 is 9.84 Å². The Morgan fingerprint density at radius 2 is 2.31 bits per heavy atom. The molecule has 1 rings (SSSR count). The monoisotopic (exact) mass is 200 g/mol. The number of thiophene rings is 1. The smallest absolute Gasteiger partial charge is 0.129 e. The van der Waals surface area contributed by atoms with E-state index in [1.54, 1.807) is 18.4 Å². The fourth-order valence-corrected chi connectivity index (χ4v) is 2.07. The summed E-state index contributed by atoms with van der Waals surface area (Å²) in [5.41, 5.74) is 0. The zero-order valence-electron chi connectivity index (χ0n) is 8.28. The first kappa shape index (κ1) is 10.5. The highest BCUT2D eigenvalue weighted by Crippen LogP contribution is 2.31. The van der Waals surface area contributed by atoms with Crippen LogP contribution in [0.1, 0.15) is 31.2 Å². The Hall–Kier alpha value is -0.540. The number of ether oxygens (including phenoxy) is 1. The second-order valence-electron chi connectivity index (χ2n) is 3.22. The van der Waals surface area contributed by atoms with Crippen molar-refractivity contribution in [2.24, 2.45) is 5.92 Å². The Bertz CT molecular complexity index is 257. The fourth-order valence-electron chi connectivity index (χ4n) is 1.10. The van der Waals surface area contributed by atoms with Crippen LogP contribution in [0.5, 0.6) is 5.75 Å². The summed E-state index contributed by atoms with van der Waals surface area (Å²) in [7, 11) is 1.64. The fraction of sp³-hybridized carbons (Fsp3) is 0.600. The minimum absolute atomic E-state index is 0.309. The minimum atomic E-state index is -0.348. The third-order valence-corrected chi connectivity index (χ3v) is 3.29. The van der Waals surface area contributed by atoms with Crippen molar-refractivity contribution in [1.82, 2.24) is 0 Å². The van der Waals surface area contributed by atoms with Gasteiger partial charge in [-0.2, -0.15) is 0 Å². The highest BCUT2D eigenvalue weighted by molar-refractivity contribution is 7.10. The molecule has 0 aromatic carbocycles. The molecule has 0 bridgehead atoms. The van der Waals surface area contributed by atoms with Crippen molar-refractivity contribution in [3.8, 4) is 5.75 Å². The number of methoxy groups -OCH3 is 1. The first-order valence-electron chi connectivity index (χ1n) is 4.49. The number of rotatable bonds is 4. The van der Waals surface area contributed by atoms with Crippen molar-refractivity contribution in [2.45, 2.75) is 26.4 Å². The van der Waals surface area contributed by atoms with E-state index in [4.69, 9.17) is 4.74 Å². The molecule has 1 aromatic rings. The van der Waals surface area contributed by atoms with E-state index in [9.17, 15) is 5.11 Å². The molecule has 0 amide bonds. The molecule has 1 N–H and O–H groups in total. The molecule has 2 nitrogen and oxygen atoms in total. The molecule has 0 saturated heterocycles. The highest BCUT2D eigenvalue weighted by Gasteiger charge is 2.16. The third-order valence-electron chi connectivity index (χ3n) is 2.31. The van der Waals surface area contributed by atoms with Crippen molar-refractivity contribution in [2.75, 3.05) is 7.11 Å². The molecule has 0 fully saturated rings. The van der Waals surface area contributed by atoms with Gasteiger partial charge in [0.15, 0.2) is 0 Å². The molecule has 1 aromatic heterocycles. The summed E-state index contributed by atoms with van der Waals surface area (Å²) in [5, 5.41) is 11.8. The van der Waals surface area contributed by atoms with Gasteiger partial charge in [0, 0.05) is 10.3 Å². The average Bonchev–Trinajstić information content (AvgIpc) is 2.63. The maximum atomic E-state index is 9.85. The molecule has 3 heteroatoms. The van der Waals surface area contributed by atoms with Crippen LogP contribution in [-0.4, -0.2) is 12.2 Å². The van der Waals surface area contributed by atoms with Crippen molar-refractivity contribution >= 4 is 11.3 Å². The quantitative estimate of drug-likeness (QED) is 0.809. The Morgan fingerprint density at radius 3 is 2.77 bits per heavy atom. The normalized spacial score (nSPS) is 15.4. The lowest BCUT2D eigenvalue weighted by atomic mass is 10.0. The molecular weight excluding hydrogens is 184 g/mol. The molecular formula is C10H16O2S. The summed E-state index contributed by atoms with van der Waals surface area (Å²) < 4.78 is 5.06. The molecule has 1 heterocycles. The Kier molecular flexibility index (Phi) is 3.75. The van der Waals surface area contributed by atoms with Crippen LogP contribution < -0.4 is 4.74 Å². The second-order valence-corrected chi connectivity index (χ2v) is 4.16. The lowest BCUT2D eigenvalue weighted by molar-refractivity contribution is 0.119. The zero-order chi connectivity index (χ0) is 9.84. The summed E-state index contributed by atoms with van der Waals surface area (Å²) in [6.07, 6.45) is 0.639. The molecule has 74 valence electrons. The van der Waals surface area contributed by atoms with Crippen LogP contribution in [0.25, 0.3) is 0 Å². The van der Waals surface area contributed by atoms with Gasteiger partial charge < -0.3 is 9.84 Å². The molecule has 0 aliphatic rings. The van der Waals surface area contributed by atoms with Crippen LogP contribution in [0, 0.1) is 5.92 Å². The summed E-state index contributed by atoms with van der Waals surface area (Å²) >= 11 is 1.55. The summed E-state index contributed by atoms with van der Waals surface area (Å²) in [6.45, 7) is 4.13. The Morgan fingerprint density at radius 1 is 1.62 bits per heavy atom. The van der Waals surface area contributed by atoms with Gasteiger partial charge >= 0.3 is 0 Å². The first-order chi connectivity index (χ1) is 6.19. The summed E-state index contributed by atoms with van der Waals surface area (Å²) in [6, 6.07) is 1.90. The van der Waals surface area contributed by atoms with E-state index < -0.39 is 0 Å². The lowest BCUT2D eigenvalue weighted by Gasteiger charge is -2.14. The predicted octanol–water partition coefficient (Wildman–Crippen LogP) is 2.84. The van der Waals surface area contributed by atoms with Gasteiger partial charge in [-0.05, 0) is 12.0 Å². The van der Waals surface area contributed by atoms with Crippen LogP contribution in [0.3, 0.4) is 0 Å². The second kappa shape index (κ2) is 4.63. The minimum Gasteiger partial charge on any atom is -0.496 e. The zero-order valence-corrected chi connectivity index (χ0v) is 9.10. The molecule has 0 radical (unpaired) electrons. The van der Waals surface area contributed by atoms with Crippen LogP contribution in [-0.2, 0) is 0 Å². The van der Waals surface area contributed by atoms with Gasteiger partial charge in [-0.1, -0.05) is 20.3 Å². The summed E-state index contributed by atoms with van der Waals surface area (Å²) in [5.74, 6) is 1.14. The molecule has 0 saturated carbocycles. The van der Waals surface area contributed by atoms with Crippen LogP contribution in [0.2, 0.25) is 0 Å². The van der Waals surface area contributed by atoms with E-state index in [1.165, 1.54) is 0 Å². The van der Waals surface area contributed by atoms with E-state index >= 15 is 0 Å². The van der Waals surface area contributed by atoms with E-state index in [-0.39, 0.29) is 6.10 Å². The van der Waals surface area contributed by atoms with Crippen molar-refractivity contribution in [3.05, 3.63) is 16.3 Å². The maximum absolute atomic E-state index is 9.85. The molecule has 0 aliphatic carbocycles. The molecule has 2 unspecified atom stereocenters. The Balaban J connectivity index is 2.70. The van der Waals surface area contributed by atoms with E-state index in [0.717, 1.165) is 17.0 Å². The number of hydrogen-bond donors (Lipinski definition) is 1. The SMILES string of the molecule is CCC(C)C(O)c1cc(OC)cs1. The van der Waals surface area contributed by atoms with Gasteiger partial charge in [-0.25, -0.2) is 0 Å². The Labute approximate surface area is 83.2 Å². The van der Waals surface area contributed by atoms with Crippen molar-refractivity contribution in [3.63, 3.8) is 0 Å². The molecule has 2 atom stereocenters. The van der Waals surface area contributed by atoms with Gasteiger partial charge in [0.05, 0.1) is 13.2 Å². The van der Waals surface area contributed by atoms with Gasteiger partial charge in [-0.3, -0.25) is 0 Å². The van der Waals surface area contributed by atoms with Gasteiger partial charge in [0.25, 0.3) is 0 Å². The van der Waals surface area contributed by atoms with Crippen molar-refractivity contribution in [1.29, 1.82) is 0 Å². The lowest BCUT2D eigenvalue weighted by Crippen LogP contribution is -2.05. The first-order valence-corrected chi connectivity index (χ1v) is 5.37. The molecule has 13 heavy (non-hydrogen) atoms. The topological polar surface area (TPSA) is 29.5 Å². The number of hydrogen-bond acceptors (Lipinski definition) is 3. The molecule has 0 spiro atoms. The van der Waals surface area contributed by atoms with Gasteiger partial charge in [0.2, 0.25) is 0 Å². The molecule has 0 aliphatic heterocycles. The summed E-state index contributed by atoms with van der Waals surface area (Å²) in [4.78, 5) is 0.992. The number of aliphatic hydroxyl groups excluding tert-OH is 1. The average molecular weight is 200 g/mol. The maximum Gasteiger partial charge on any atom is 0.129 e. The van der Waals surface area contributed by atoms with Crippen LogP contribution in [0.4, 0.5) is 0 Å². The standard InChI is InChI=1S/C10H16O2S/c1-4-7(2)10(11)9-5-8(12-3)6-13-9/h5-7,10-11H,4H2,1-3H3. The highest BCUT2D eigenvalue weighted by atomic mass is 32.1. The third kappa shape index (κ3) is 2.45. The van der Waals surface area contributed by atoms with E-state index in [2.05, 4.69) is 13.8 Å².